The van der Waals surface area contributed by atoms with Crippen LogP contribution in [0, 0.1) is 11.3 Å². The molecule has 4 N–H and O–H groups in total. The van der Waals surface area contributed by atoms with E-state index in [0.29, 0.717) is 11.4 Å². The van der Waals surface area contributed by atoms with Gasteiger partial charge in [0.2, 0.25) is 0 Å². The number of rotatable bonds is 0. The lowest BCUT2D eigenvalue weighted by atomic mass is 9.89. The van der Waals surface area contributed by atoms with Crippen molar-refractivity contribution >= 4 is 11.6 Å². The first-order valence-corrected chi connectivity index (χ1v) is 4.71. The summed E-state index contributed by atoms with van der Waals surface area (Å²) in [6.07, 6.45) is 4.04. The van der Waals surface area contributed by atoms with E-state index in [1.165, 1.54) is 0 Å². The van der Waals surface area contributed by atoms with Crippen molar-refractivity contribution in [3.8, 4) is 6.07 Å². The lowest BCUT2D eigenvalue weighted by molar-refractivity contribution is 0.683. The standard InChI is InChI=1S/C10H12N4/c11-5-8-6-3-1-2-4-7(6)9(12)14-10(8)13/h1-4H2,(H4,12,13,14). The summed E-state index contributed by atoms with van der Waals surface area (Å²) in [5.74, 6) is 0.766. The number of nitrogens with zero attached hydrogens (tertiary/aromatic N) is 2. The molecule has 2 rings (SSSR count). The van der Waals surface area contributed by atoms with Crippen LogP contribution in [0.4, 0.5) is 11.6 Å². The molecule has 0 bridgehead atoms. The van der Waals surface area contributed by atoms with Crippen molar-refractivity contribution in [3.63, 3.8) is 0 Å². The Morgan fingerprint density at radius 1 is 1.07 bits per heavy atom. The minimum atomic E-state index is 0.269. The van der Waals surface area contributed by atoms with E-state index in [-0.39, 0.29) is 5.82 Å². The zero-order valence-corrected chi connectivity index (χ0v) is 7.88. The number of hydrogen-bond donors (Lipinski definition) is 2. The van der Waals surface area contributed by atoms with E-state index >= 15 is 0 Å². The number of hydrogen-bond acceptors (Lipinski definition) is 4. The Labute approximate surface area is 82.5 Å². The van der Waals surface area contributed by atoms with Gasteiger partial charge in [-0.15, -0.1) is 0 Å². The second-order valence-corrected chi connectivity index (χ2v) is 3.53. The zero-order valence-electron chi connectivity index (χ0n) is 7.88. The molecule has 1 aliphatic carbocycles. The van der Waals surface area contributed by atoms with Gasteiger partial charge >= 0.3 is 0 Å². The predicted molar refractivity (Wildman–Crippen MR) is 54.4 cm³/mol. The molecule has 1 heterocycles. The Hall–Kier alpha value is -1.76. The van der Waals surface area contributed by atoms with Gasteiger partial charge in [0.05, 0.1) is 5.56 Å². The van der Waals surface area contributed by atoms with Gasteiger partial charge in [-0.05, 0) is 36.8 Å². The van der Waals surface area contributed by atoms with Gasteiger partial charge in [-0.3, -0.25) is 0 Å². The lowest BCUT2D eigenvalue weighted by Gasteiger charge is -2.18. The highest BCUT2D eigenvalue weighted by Crippen LogP contribution is 2.30. The number of aromatic nitrogens is 1. The average Bonchev–Trinajstić information content (AvgIpc) is 2.18. The van der Waals surface area contributed by atoms with Crippen LogP contribution < -0.4 is 11.5 Å². The van der Waals surface area contributed by atoms with E-state index in [1.54, 1.807) is 0 Å². The molecule has 1 aliphatic rings. The first-order chi connectivity index (χ1) is 6.74. The molecule has 0 saturated heterocycles. The molecular weight excluding hydrogens is 176 g/mol. The van der Waals surface area contributed by atoms with Gasteiger partial charge in [0.1, 0.15) is 17.7 Å². The second-order valence-electron chi connectivity index (χ2n) is 3.53. The fourth-order valence-corrected chi connectivity index (χ4v) is 2.00. The molecule has 0 unspecified atom stereocenters. The highest BCUT2D eigenvalue weighted by Gasteiger charge is 2.19. The molecule has 1 aromatic heterocycles. The molecule has 72 valence electrons. The summed E-state index contributed by atoms with van der Waals surface area (Å²) in [6.45, 7) is 0. The van der Waals surface area contributed by atoms with E-state index < -0.39 is 0 Å². The number of fused-ring (bicyclic) bond motifs is 1. The Bertz CT molecular complexity index is 417. The summed E-state index contributed by atoms with van der Waals surface area (Å²) in [4.78, 5) is 3.99. The van der Waals surface area contributed by atoms with Crippen LogP contribution >= 0.6 is 0 Å². The molecule has 0 aromatic carbocycles. The molecule has 4 heteroatoms. The van der Waals surface area contributed by atoms with E-state index in [0.717, 1.165) is 36.8 Å². The first kappa shape index (κ1) is 8.82. The fraction of sp³-hybridized carbons (Fsp3) is 0.400. The molecule has 0 aliphatic heterocycles. The summed E-state index contributed by atoms with van der Waals surface area (Å²) < 4.78 is 0. The minimum absolute atomic E-state index is 0.269. The molecule has 0 spiro atoms. The molecule has 0 atom stereocenters. The van der Waals surface area contributed by atoms with Crippen LogP contribution in [0.1, 0.15) is 29.5 Å². The SMILES string of the molecule is N#Cc1c(N)nc(N)c2c1CCCC2. The molecule has 1 aromatic rings. The van der Waals surface area contributed by atoms with Crippen LogP contribution in [-0.2, 0) is 12.8 Å². The quantitative estimate of drug-likeness (QED) is 0.635. The second kappa shape index (κ2) is 3.18. The third-order valence-corrected chi connectivity index (χ3v) is 2.69. The molecule has 0 saturated carbocycles. The van der Waals surface area contributed by atoms with E-state index in [1.807, 2.05) is 0 Å². The smallest absolute Gasteiger partial charge is 0.144 e. The summed E-state index contributed by atoms with van der Waals surface area (Å²) in [5.41, 5.74) is 14.0. The van der Waals surface area contributed by atoms with Crippen LogP contribution in [0.15, 0.2) is 0 Å². The molecular formula is C10H12N4. The van der Waals surface area contributed by atoms with Crippen molar-refractivity contribution in [2.24, 2.45) is 0 Å². The first-order valence-electron chi connectivity index (χ1n) is 4.71. The number of nitrogens with two attached hydrogens (primary N) is 2. The van der Waals surface area contributed by atoms with Crippen molar-refractivity contribution in [3.05, 3.63) is 16.7 Å². The Balaban J connectivity index is 2.69. The Morgan fingerprint density at radius 2 is 1.71 bits per heavy atom. The van der Waals surface area contributed by atoms with E-state index in [9.17, 15) is 0 Å². The lowest BCUT2D eigenvalue weighted by Crippen LogP contribution is -2.13. The number of anilines is 2. The monoisotopic (exact) mass is 188 g/mol. The van der Waals surface area contributed by atoms with Crippen LogP contribution in [0.25, 0.3) is 0 Å². The summed E-state index contributed by atoms with van der Waals surface area (Å²) in [5, 5.41) is 8.95. The van der Waals surface area contributed by atoms with Gasteiger partial charge in [-0.25, -0.2) is 4.98 Å². The van der Waals surface area contributed by atoms with Gasteiger partial charge in [0.15, 0.2) is 0 Å². The topological polar surface area (TPSA) is 88.7 Å². The fourth-order valence-electron chi connectivity index (χ4n) is 2.00. The van der Waals surface area contributed by atoms with Crippen molar-refractivity contribution < 1.29 is 0 Å². The van der Waals surface area contributed by atoms with E-state index in [4.69, 9.17) is 16.7 Å². The summed E-state index contributed by atoms with van der Waals surface area (Å²) in [6, 6.07) is 2.11. The number of pyridine rings is 1. The van der Waals surface area contributed by atoms with E-state index in [2.05, 4.69) is 11.1 Å². The summed E-state index contributed by atoms with van der Waals surface area (Å²) >= 11 is 0. The maximum atomic E-state index is 8.95. The third-order valence-electron chi connectivity index (χ3n) is 2.69. The molecule has 0 radical (unpaired) electrons. The maximum Gasteiger partial charge on any atom is 0.144 e. The maximum absolute atomic E-state index is 8.95. The minimum Gasteiger partial charge on any atom is -0.383 e. The normalized spacial score (nSPS) is 14.5. The zero-order chi connectivity index (χ0) is 10.1. The highest BCUT2D eigenvalue weighted by atomic mass is 14.9. The molecule has 0 fully saturated rings. The number of nitriles is 1. The van der Waals surface area contributed by atoms with Crippen LogP contribution in [0.3, 0.4) is 0 Å². The van der Waals surface area contributed by atoms with Crippen LogP contribution in [-0.4, -0.2) is 4.98 Å². The van der Waals surface area contributed by atoms with Crippen LogP contribution in [0.5, 0.6) is 0 Å². The van der Waals surface area contributed by atoms with Crippen molar-refractivity contribution in [2.75, 3.05) is 11.5 Å². The number of nitrogen functional groups attached to an aromatic ring is 2. The largest absolute Gasteiger partial charge is 0.383 e. The van der Waals surface area contributed by atoms with Crippen molar-refractivity contribution in [1.82, 2.24) is 4.98 Å². The van der Waals surface area contributed by atoms with Gasteiger partial charge < -0.3 is 11.5 Å². The highest BCUT2D eigenvalue weighted by molar-refractivity contribution is 5.62. The van der Waals surface area contributed by atoms with Crippen molar-refractivity contribution in [1.29, 1.82) is 5.26 Å². The van der Waals surface area contributed by atoms with Gasteiger partial charge in [0, 0.05) is 0 Å². The predicted octanol–water partition coefficient (Wildman–Crippen LogP) is 0.996. The Kier molecular flexibility index (Phi) is 2.01. The third kappa shape index (κ3) is 1.18. The van der Waals surface area contributed by atoms with Crippen molar-refractivity contribution in [2.45, 2.75) is 25.7 Å². The Morgan fingerprint density at radius 3 is 2.36 bits per heavy atom. The summed E-state index contributed by atoms with van der Waals surface area (Å²) in [7, 11) is 0. The van der Waals surface area contributed by atoms with Gasteiger partial charge in [-0.2, -0.15) is 5.26 Å². The molecule has 0 amide bonds. The van der Waals surface area contributed by atoms with Gasteiger partial charge in [0.25, 0.3) is 0 Å². The molecule has 4 nitrogen and oxygen atoms in total. The van der Waals surface area contributed by atoms with Gasteiger partial charge in [-0.1, -0.05) is 0 Å². The van der Waals surface area contributed by atoms with Crippen LogP contribution in [0.2, 0.25) is 0 Å². The average molecular weight is 188 g/mol. The molecule has 14 heavy (non-hydrogen) atoms.